The van der Waals surface area contributed by atoms with Crippen LogP contribution in [0.25, 0.3) is 0 Å². The van der Waals surface area contributed by atoms with Gasteiger partial charge in [0.2, 0.25) is 0 Å². The highest BCUT2D eigenvalue weighted by atomic mass is 16.2. The Bertz CT molecular complexity index is 235. The van der Waals surface area contributed by atoms with Crippen molar-refractivity contribution in [1.82, 2.24) is 15.1 Å². The average Bonchev–Trinajstić information content (AvgIpc) is 2.40. The van der Waals surface area contributed by atoms with E-state index < -0.39 is 0 Å². The predicted molar refractivity (Wildman–Crippen MR) is 75.8 cm³/mol. The lowest BCUT2D eigenvalue weighted by Gasteiger charge is -2.33. The van der Waals surface area contributed by atoms with Crippen molar-refractivity contribution >= 4 is 6.03 Å². The van der Waals surface area contributed by atoms with Crippen LogP contribution >= 0.6 is 0 Å². The van der Waals surface area contributed by atoms with E-state index in [0.29, 0.717) is 5.92 Å². The topological polar surface area (TPSA) is 35.6 Å². The molecular weight excluding hydrogens is 226 g/mol. The zero-order valence-corrected chi connectivity index (χ0v) is 12.2. The van der Waals surface area contributed by atoms with Crippen molar-refractivity contribution < 1.29 is 4.79 Å². The number of urea groups is 1. The number of amides is 2. The van der Waals surface area contributed by atoms with Gasteiger partial charge in [-0.1, -0.05) is 6.92 Å². The molecule has 0 radical (unpaired) electrons. The molecule has 18 heavy (non-hydrogen) atoms. The number of carbonyl (C=O) groups is 1. The van der Waals surface area contributed by atoms with Crippen LogP contribution in [0.3, 0.4) is 0 Å². The van der Waals surface area contributed by atoms with Gasteiger partial charge in [-0.25, -0.2) is 4.79 Å². The lowest BCUT2D eigenvalue weighted by atomic mass is 9.99. The summed E-state index contributed by atoms with van der Waals surface area (Å²) in [5.41, 5.74) is 0. The zero-order chi connectivity index (χ0) is 13.4. The van der Waals surface area contributed by atoms with Crippen molar-refractivity contribution in [3.63, 3.8) is 0 Å². The molecule has 4 nitrogen and oxygen atoms in total. The van der Waals surface area contributed by atoms with Crippen LogP contribution in [0.1, 0.15) is 40.0 Å². The summed E-state index contributed by atoms with van der Waals surface area (Å²) in [7, 11) is 0. The summed E-state index contributed by atoms with van der Waals surface area (Å²) in [6.07, 6.45) is 3.52. The van der Waals surface area contributed by atoms with Crippen molar-refractivity contribution in [1.29, 1.82) is 0 Å². The third-order valence-electron chi connectivity index (χ3n) is 3.68. The largest absolute Gasteiger partial charge is 0.325 e. The third kappa shape index (κ3) is 4.48. The van der Waals surface area contributed by atoms with E-state index >= 15 is 0 Å². The quantitative estimate of drug-likeness (QED) is 0.789. The molecule has 106 valence electrons. The standard InChI is InChI=1S/C14H29N3O/c1-4-10-17(14(18)16(5-2)6-3)12-13-8-7-9-15-11-13/h13,15H,4-12H2,1-3H3. The Morgan fingerprint density at radius 1 is 1.22 bits per heavy atom. The molecule has 2 amide bonds. The highest BCUT2D eigenvalue weighted by Crippen LogP contribution is 2.13. The number of nitrogens with zero attached hydrogens (tertiary/aromatic N) is 2. The molecule has 1 unspecified atom stereocenters. The minimum absolute atomic E-state index is 0.215. The Hall–Kier alpha value is -0.770. The summed E-state index contributed by atoms with van der Waals surface area (Å²) in [6.45, 7) is 11.8. The predicted octanol–water partition coefficient (Wildman–Crippen LogP) is 2.16. The van der Waals surface area contributed by atoms with Crippen molar-refractivity contribution in [2.75, 3.05) is 39.3 Å². The number of piperidine rings is 1. The van der Waals surface area contributed by atoms with Crippen LogP contribution in [0.15, 0.2) is 0 Å². The van der Waals surface area contributed by atoms with Gasteiger partial charge >= 0.3 is 6.03 Å². The molecule has 1 N–H and O–H groups in total. The van der Waals surface area contributed by atoms with E-state index in [9.17, 15) is 4.79 Å². The molecule has 1 aliphatic heterocycles. The summed E-state index contributed by atoms with van der Waals surface area (Å²) < 4.78 is 0. The lowest BCUT2D eigenvalue weighted by molar-refractivity contribution is 0.144. The van der Waals surface area contributed by atoms with Crippen molar-refractivity contribution in [3.8, 4) is 0 Å². The van der Waals surface area contributed by atoms with Crippen LogP contribution in [0, 0.1) is 5.92 Å². The minimum Gasteiger partial charge on any atom is -0.325 e. The first-order valence-electron chi connectivity index (χ1n) is 7.47. The lowest BCUT2D eigenvalue weighted by Crippen LogP contribution is -2.47. The molecule has 0 aliphatic carbocycles. The second kappa shape index (κ2) is 8.35. The normalized spacial score (nSPS) is 19.6. The molecule has 1 fully saturated rings. The molecule has 1 aliphatic rings. The molecular formula is C14H29N3O. The summed E-state index contributed by atoms with van der Waals surface area (Å²) in [5.74, 6) is 0.629. The van der Waals surface area contributed by atoms with Gasteiger partial charge in [-0.3, -0.25) is 0 Å². The highest BCUT2D eigenvalue weighted by Gasteiger charge is 2.22. The van der Waals surface area contributed by atoms with E-state index in [2.05, 4.69) is 12.2 Å². The first-order valence-corrected chi connectivity index (χ1v) is 7.47. The number of hydrogen-bond acceptors (Lipinski definition) is 2. The monoisotopic (exact) mass is 255 g/mol. The molecule has 0 bridgehead atoms. The Morgan fingerprint density at radius 2 is 1.94 bits per heavy atom. The summed E-state index contributed by atoms with van der Waals surface area (Å²) >= 11 is 0. The number of rotatable bonds is 6. The van der Waals surface area contributed by atoms with Crippen molar-refractivity contribution in [3.05, 3.63) is 0 Å². The van der Waals surface area contributed by atoms with E-state index in [4.69, 9.17) is 0 Å². The SMILES string of the molecule is CCCN(CC1CCCNC1)C(=O)N(CC)CC. The zero-order valence-electron chi connectivity index (χ0n) is 12.2. The molecule has 0 aromatic heterocycles. The van der Waals surface area contributed by atoms with Gasteiger partial charge in [0.05, 0.1) is 0 Å². The van der Waals surface area contributed by atoms with Crippen LogP contribution in [0.5, 0.6) is 0 Å². The maximum absolute atomic E-state index is 12.4. The van der Waals surface area contributed by atoms with E-state index in [1.54, 1.807) is 0 Å². The van der Waals surface area contributed by atoms with Crippen molar-refractivity contribution in [2.24, 2.45) is 5.92 Å². The van der Waals surface area contributed by atoms with E-state index in [0.717, 1.165) is 45.7 Å². The van der Waals surface area contributed by atoms with E-state index in [-0.39, 0.29) is 6.03 Å². The number of hydrogen-bond donors (Lipinski definition) is 1. The molecule has 4 heteroatoms. The Kier molecular flexibility index (Phi) is 7.09. The first kappa shape index (κ1) is 15.3. The molecule has 1 saturated heterocycles. The van der Waals surface area contributed by atoms with E-state index in [1.807, 2.05) is 23.6 Å². The van der Waals surface area contributed by atoms with Crippen LogP contribution < -0.4 is 5.32 Å². The summed E-state index contributed by atoms with van der Waals surface area (Å²) in [5, 5.41) is 3.43. The molecule has 0 saturated carbocycles. The smallest absolute Gasteiger partial charge is 0.319 e. The van der Waals surface area contributed by atoms with Gasteiger partial charge in [-0.15, -0.1) is 0 Å². The van der Waals surface area contributed by atoms with Gasteiger partial charge in [-0.05, 0) is 52.1 Å². The van der Waals surface area contributed by atoms with E-state index in [1.165, 1.54) is 12.8 Å². The maximum Gasteiger partial charge on any atom is 0.319 e. The van der Waals surface area contributed by atoms with Crippen LogP contribution in [-0.2, 0) is 0 Å². The first-order chi connectivity index (χ1) is 8.72. The van der Waals surface area contributed by atoms with Gasteiger partial charge in [0, 0.05) is 26.2 Å². The van der Waals surface area contributed by atoms with Crippen LogP contribution in [-0.4, -0.2) is 55.1 Å². The Morgan fingerprint density at radius 3 is 2.44 bits per heavy atom. The molecule has 0 spiro atoms. The van der Waals surface area contributed by atoms with Crippen LogP contribution in [0.2, 0.25) is 0 Å². The fourth-order valence-corrected chi connectivity index (χ4v) is 2.62. The number of carbonyl (C=O) groups excluding carboxylic acids is 1. The maximum atomic E-state index is 12.4. The molecule has 1 rings (SSSR count). The fourth-order valence-electron chi connectivity index (χ4n) is 2.62. The fraction of sp³-hybridized carbons (Fsp3) is 0.929. The van der Waals surface area contributed by atoms with Crippen molar-refractivity contribution in [2.45, 2.75) is 40.0 Å². The molecule has 1 atom stereocenters. The summed E-state index contributed by atoms with van der Waals surface area (Å²) in [4.78, 5) is 16.4. The van der Waals surface area contributed by atoms with Gasteiger partial charge in [0.25, 0.3) is 0 Å². The average molecular weight is 255 g/mol. The number of nitrogens with one attached hydrogen (secondary N) is 1. The second-order valence-electron chi connectivity index (χ2n) is 5.11. The summed E-state index contributed by atoms with van der Waals surface area (Å²) in [6, 6.07) is 0.215. The van der Waals surface area contributed by atoms with Gasteiger partial charge in [-0.2, -0.15) is 0 Å². The van der Waals surface area contributed by atoms with Gasteiger partial charge in [0.1, 0.15) is 0 Å². The van der Waals surface area contributed by atoms with Gasteiger partial charge < -0.3 is 15.1 Å². The second-order valence-corrected chi connectivity index (χ2v) is 5.11. The minimum atomic E-state index is 0.215. The highest BCUT2D eigenvalue weighted by molar-refractivity contribution is 5.74. The Labute approximate surface area is 112 Å². The van der Waals surface area contributed by atoms with Gasteiger partial charge in [0.15, 0.2) is 0 Å². The molecule has 1 heterocycles. The van der Waals surface area contributed by atoms with Crippen LogP contribution in [0.4, 0.5) is 4.79 Å². The Balaban J connectivity index is 2.54. The third-order valence-corrected chi connectivity index (χ3v) is 3.68. The molecule has 0 aromatic carbocycles. The molecule has 0 aromatic rings.